The summed E-state index contributed by atoms with van der Waals surface area (Å²) in [6.45, 7) is 5.15. The normalized spacial score (nSPS) is 24.0. The fourth-order valence-corrected chi connectivity index (χ4v) is 2.01. The molecule has 1 aliphatic heterocycles. The van der Waals surface area contributed by atoms with Crippen LogP contribution in [0.5, 0.6) is 0 Å². The van der Waals surface area contributed by atoms with Gasteiger partial charge in [0.25, 0.3) is 0 Å². The predicted octanol–water partition coefficient (Wildman–Crippen LogP) is 2.06. The number of aliphatic hydroxyl groups is 1. The van der Waals surface area contributed by atoms with Crippen LogP contribution in [0.25, 0.3) is 0 Å². The highest BCUT2D eigenvalue weighted by Gasteiger charge is 2.47. The van der Waals surface area contributed by atoms with Gasteiger partial charge < -0.3 is 14.6 Å². The minimum absolute atomic E-state index is 0.0877. The van der Waals surface area contributed by atoms with E-state index in [0.717, 1.165) is 6.42 Å². The quantitative estimate of drug-likeness (QED) is 0.461. The van der Waals surface area contributed by atoms with Crippen LogP contribution in [0.4, 0.5) is 0 Å². The number of ketones is 1. The average molecular weight is 294 g/mol. The Hall–Kier alpha value is -1.88. The molecule has 0 spiro atoms. The van der Waals surface area contributed by atoms with E-state index in [1.54, 1.807) is 26.0 Å². The van der Waals surface area contributed by atoms with Gasteiger partial charge in [-0.1, -0.05) is 25.2 Å². The van der Waals surface area contributed by atoms with Crippen molar-refractivity contribution in [3.63, 3.8) is 0 Å². The van der Waals surface area contributed by atoms with E-state index in [2.05, 4.69) is 4.74 Å². The highest BCUT2D eigenvalue weighted by molar-refractivity contribution is 6.22. The Morgan fingerprint density at radius 3 is 2.67 bits per heavy atom. The zero-order valence-corrected chi connectivity index (χ0v) is 12.9. The number of allylic oxidation sites excluding steroid dienone is 3. The van der Waals surface area contributed by atoms with Crippen LogP contribution in [0.3, 0.4) is 0 Å². The lowest BCUT2D eigenvalue weighted by Gasteiger charge is -2.19. The van der Waals surface area contributed by atoms with E-state index in [1.165, 1.54) is 7.11 Å². The number of carbonyl (C=O) groups is 2. The van der Waals surface area contributed by atoms with E-state index < -0.39 is 23.5 Å². The van der Waals surface area contributed by atoms with E-state index in [9.17, 15) is 14.7 Å². The molecule has 5 heteroatoms. The van der Waals surface area contributed by atoms with Crippen LogP contribution in [0.1, 0.15) is 33.6 Å². The summed E-state index contributed by atoms with van der Waals surface area (Å²) in [6, 6.07) is 0. The summed E-state index contributed by atoms with van der Waals surface area (Å²) < 4.78 is 10.3. The molecule has 0 amide bonds. The first kappa shape index (κ1) is 17.2. The lowest BCUT2D eigenvalue weighted by molar-refractivity contribution is -0.138. The molecular formula is C16H22O5. The molecule has 0 radical (unpaired) electrons. The summed E-state index contributed by atoms with van der Waals surface area (Å²) in [4.78, 5) is 24.2. The molecule has 1 rings (SSSR count). The first-order chi connectivity index (χ1) is 9.85. The fourth-order valence-electron chi connectivity index (χ4n) is 2.01. The third-order valence-electron chi connectivity index (χ3n) is 3.06. The summed E-state index contributed by atoms with van der Waals surface area (Å²) in [5.41, 5.74) is -1.36. The molecule has 0 aromatic rings. The van der Waals surface area contributed by atoms with Gasteiger partial charge in [0.15, 0.2) is 5.60 Å². The molecular weight excluding hydrogens is 272 g/mol. The monoisotopic (exact) mass is 294 g/mol. The second kappa shape index (κ2) is 7.22. The number of methoxy groups -OCH3 is 1. The predicted molar refractivity (Wildman–Crippen MR) is 78.4 cm³/mol. The largest absolute Gasteiger partial charge is 0.478 e. The van der Waals surface area contributed by atoms with Crippen LogP contribution in [0.2, 0.25) is 0 Å². The number of aliphatic hydroxyl groups excluding tert-OH is 1. The van der Waals surface area contributed by atoms with Gasteiger partial charge in [-0.25, -0.2) is 4.79 Å². The van der Waals surface area contributed by atoms with Crippen LogP contribution in [-0.4, -0.2) is 35.7 Å². The van der Waals surface area contributed by atoms with Crippen molar-refractivity contribution < 1.29 is 24.2 Å². The smallest absolute Gasteiger partial charge is 0.345 e. The molecule has 1 N–H and O–H groups in total. The molecule has 5 nitrogen and oxygen atoms in total. The highest BCUT2D eigenvalue weighted by Crippen LogP contribution is 2.34. The lowest BCUT2D eigenvalue weighted by atomic mass is 9.95. The van der Waals surface area contributed by atoms with E-state index in [-0.39, 0.29) is 17.8 Å². The van der Waals surface area contributed by atoms with Crippen molar-refractivity contribution in [2.75, 3.05) is 7.11 Å². The molecule has 0 aromatic heterocycles. The van der Waals surface area contributed by atoms with Gasteiger partial charge in [0.05, 0.1) is 13.2 Å². The Morgan fingerprint density at radius 1 is 1.48 bits per heavy atom. The number of rotatable bonds is 6. The van der Waals surface area contributed by atoms with Crippen molar-refractivity contribution in [2.45, 2.75) is 45.3 Å². The second-order valence-corrected chi connectivity index (χ2v) is 5.08. The van der Waals surface area contributed by atoms with E-state index in [1.807, 2.05) is 19.1 Å². The molecule has 1 aliphatic rings. The maximum Gasteiger partial charge on any atom is 0.345 e. The number of Topliss-reactive ketones (excluding diaryl/α,β-unsaturated/α-hetero) is 1. The minimum atomic E-state index is -1.24. The molecule has 116 valence electrons. The SMILES string of the molecule is CC/C=C/C=C/[C@]1(C)OC(C[C@H](C)O)=C(C(=O)OC)C1=O. The molecule has 0 saturated carbocycles. The number of ether oxygens (including phenoxy) is 2. The molecule has 0 aliphatic carbocycles. The van der Waals surface area contributed by atoms with Gasteiger partial charge in [0, 0.05) is 6.42 Å². The van der Waals surface area contributed by atoms with Gasteiger partial charge >= 0.3 is 5.97 Å². The summed E-state index contributed by atoms with van der Waals surface area (Å²) in [7, 11) is 1.21. The van der Waals surface area contributed by atoms with Gasteiger partial charge in [-0.05, 0) is 26.3 Å². The van der Waals surface area contributed by atoms with Crippen LogP contribution in [-0.2, 0) is 19.1 Å². The van der Waals surface area contributed by atoms with E-state index >= 15 is 0 Å². The molecule has 0 bridgehead atoms. The van der Waals surface area contributed by atoms with Gasteiger partial charge in [-0.3, -0.25) is 4.79 Å². The zero-order valence-electron chi connectivity index (χ0n) is 12.9. The Bertz CT molecular complexity index is 499. The third kappa shape index (κ3) is 4.04. The van der Waals surface area contributed by atoms with Crippen molar-refractivity contribution in [2.24, 2.45) is 0 Å². The number of hydrogen-bond acceptors (Lipinski definition) is 5. The molecule has 0 fully saturated rings. The number of esters is 1. The van der Waals surface area contributed by atoms with Gasteiger partial charge in [0.1, 0.15) is 11.3 Å². The molecule has 1 heterocycles. The van der Waals surface area contributed by atoms with E-state index in [4.69, 9.17) is 4.74 Å². The van der Waals surface area contributed by atoms with Crippen molar-refractivity contribution in [1.82, 2.24) is 0 Å². The average Bonchev–Trinajstić information content (AvgIpc) is 2.65. The van der Waals surface area contributed by atoms with Crippen molar-refractivity contribution in [3.8, 4) is 0 Å². The van der Waals surface area contributed by atoms with Crippen molar-refractivity contribution in [3.05, 3.63) is 35.6 Å². The van der Waals surface area contributed by atoms with Crippen LogP contribution in [0, 0.1) is 0 Å². The zero-order chi connectivity index (χ0) is 16.0. The molecule has 21 heavy (non-hydrogen) atoms. The van der Waals surface area contributed by atoms with Crippen LogP contribution in [0.15, 0.2) is 35.6 Å². The highest BCUT2D eigenvalue weighted by atomic mass is 16.5. The Labute approximate surface area is 124 Å². The molecule has 2 atom stereocenters. The van der Waals surface area contributed by atoms with Gasteiger partial charge in [-0.15, -0.1) is 0 Å². The second-order valence-electron chi connectivity index (χ2n) is 5.08. The standard InChI is InChI=1S/C16H22O5/c1-5-6-7-8-9-16(3)14(18)13(15(19)20-4)12(21-16)10-11(2)17/h6-9,11,17H,5,10H2,1-4H3/b7-6+,9-8+/t11-,16-/m0/s1. The van der Waals surface area contributed by atoms with Gasteiger partial charge in [-0.2, -0.15) is 0 Å². The van der Waals surface area contributed by atoms with Crippen molar-refractivity contribution >= 4 is 11.8 Å². The maximum atomic E-state index is 12.4. The summed E-state index contributed by atoms with van der Waals surface area (Å²) in [6.07, 6.45) is 7.30. The third-order valence-corrected chi connectivity index (χ3v) is 3.06. The van der Waals surface area contributed by atoms with Gasteiger partial charge in [0.2, 0.25) is 5.78 Å². The molecule has 0 aromatic carbocycles. The Balaban J connectivity index is 3.07. The first-order valence-electron chi connectivity index (χ1n) is 6.93. The maximum absolute atomic E-state index is 12.4. The topological polar surface area (TPSA) is 72.8 Å². The first-order valence-corrected chi connectivity index (χ1v) is 6.93. The van der Waals surface area contributed by atoms with Crippen LogP contribution < -0.4 is 0 Å². The summed E-state index contributed by atoms with van der Waals surface area (Å²) in [5.74, 6) is -1.02. The molecule has 0 saturated heterocycles. The summed E-state index contributed by atoms with van der Waals surface area (Å²) in [5, 5.41) is 9.48. The van der Waals surface area contributed by atoms with Crippen LogP contribution >= 0.6 is 0 Å². The lowest BCUT2D eigenvalue weighted by Crippen LogP contribution is -2.33. The Morgan fingerprint density at radius 2 is 2.14 bits per heavy atom. The summed E-state index contributed by atoms with van der Waals surface area (Å²) >= 11 is 0. The minimum Gasteiger partial charge on any atom is -0.478 e. The number of carbonyl (C=O) groups excluding carboxylic acids is 2. The Kier molecular flexibility index (Phi) is 5.90. The molecule has 0 unspecified atom stereocenters. The number of hydrogen-bond donors (Lipinski definition) is 1. The fraction of sp³-hybridized carbons (Fsp3) is 0.500. The van der Waals surface area contributed by atoms with Crippen molar-refractivity contribution in [1.29, 1.82) is 0 Å². The van der Waals surface area contributed by atoms with E-state index in [0.29, 0.717) is 0 Å².